The molecule has 0 aliphatic rings. The van der Waals surface area contributed by atoms with Crippen LogP contribution < -0.4 is 10.2 Å². The zero-order chi connectivity index (χ0) is 25.1. The van der Waals surface area contributed by atoms with Crippen LogP contribution in [0.3, 0.4) is 0 Å². The minimum absolute atomic E-state index is 0.0557. The topological polar surface area (TPSA) is 88.7 Å². The molecule has 0 aliphatic carbocycles. The molecule has 36 heavy (non-hydrogen) atoms. The number of hydrogen-bond donors (Lipinski definition) is 2. The maximum atomic E-state index is 13.0. The van der Waals surface area contributed by atoms with E-state index in [4.69, 9.17) is 4.74 Å². The van der Waals surface area contributed by atoms with Gasteiger partial charge in [-0.05, 0) is 48.0 Å². The Hall–Kier alpha value is -4.91. The Kier molecular flexibility index (Phi) is 6.19. The largest absolute Gasteiger partial charge is 0.504 e. The van der Waals surface area contributed by atoms with Crippen LogP contribution in [0.5, 0.6) is 11.5 Å². The number of hydrogen-bond acceptors (Lipinski definition) is 5. The van der Waals surface area contributed by atoms with Crippen molar-refractivity contribution >= 4 is 22.9 Å². The third-order valence-electron chi connectivity index (χ3n) is 5.91. The first-order valence-corrected chi connectivity index (χ1v) is 11.4. The van der Waals surface area contributed by atoms with Crippen molar-refractivity contribution in [1.29, 1.82) is 0 Å². The molecule has 7 nitrogen and oxygen atoms in total. The lowest BCUT2D eigenvalue weighted by atomic mass is 10.0. The van der Waals surface area contributed by atoms with Crippen LogP contribution in [0.25, 0.3) is 27.7 Å². The Morgan fingerprint density at radius 1 is 1.00 bits per heavy atom. The molecule has 0 aliphatic heterocycles. The zero-order valence-corrected chi connectivity index (χ0v) is 19.8. The van der Waals surface area contributed by atoms with Crippen LogP contribution in [0.4, 0.5) is 0 Å². The Balaban J connectivity index is 1.52. The van der Waals surface area contributed by atoms with E-state index in [-0.39, 0.29) is 11.4 Å². The molecule has 0 fully saturated rings. The van der Waals surface area contributed by atoms with Crippen molar-refractivity contribution in [2.45, 2.75) is 6.92 Å². The van der Waals surface area contributed by atoms with E-state index in [2.05, 4.69) is 33.8 Å². The Morgan fingerprint density at radius 2 is 1.75 bits per heavy atom. The van der Waals surface area contributed by atoms with E-state index in [0.29, 0.717) is 11.3 Å². The first-order valence-electron chi connectivity index (χ1n) is 11.4. The molecule has 178 valence electrons. The van der Waals surface area contributed by atoms with E-state index in [1.807, 2.05) is 55.5 Å². The number of carbonyl (C=O) groups excluding carboxylic acids is 1. The highest BCUT2D eigenvalue weighted by Gasteiger charge is 2.18. The molecule has 4 aromatic carbocycles. The fourth-order valence-electron chi connectivity index (χ4n) is 4.04. The number of nitrogens with one attached hydrogen (secondary N) is 1. The number of para-hydroxylation sites is 1. The number of amides is 1. The number of hydrazone groups is 1. The van der Waals surface area contributed by atoms with Gasteiger partial charge in [-0.15, -0.1) is 0 Å². The number of rotatable bonds is 6. The average molecular weight is 477 g/mol. The summed E-state index contributed by atoms with van der Waals surface area (Å²) >= 11 is 0. The van der Waals surface area contributed by atoms with E-state index in [1.54, 1.807) is 28.9 Å². The number of benzene rings is 4. The Morgan fingerprint density at radius 3 is 2.56 bits per heavy atom. The number of phenols is 1. The number of methoxy groups -OCH3 is 1. The van der Waals surface area contributed by atoms with Gasteiger partial charge in [-0.3, -0.25) is 4.79 Å². The highest BCUT2D eigenvalue weighted by atomic mass is 16.5. The van der Waals surface area contributed by atoms with Gasteiger partial charge in [-0.1, -0.05) is 66.2 Å². The van der Waals surface area contributed by atoms with E-state index in [9.17, 15) is 9.90 Å². The van der Waals surface area contributed by atoms with Crippen molar-refractivity contribution in [2.75, 3.05) is 7.11 Å². The van der Waals surface area contributed by atoms with Gasteiger partial charge in [0.25, 0.3) is 5.91 Å². The van der Waals surface area contributed by atoms with E-state index in [1.165, 1.54) is 13.3 Å². The maximum absolute atomic E-state index is 13.0. The fourth-order valence-corrected chi connectivity index (χ4v) is 4.04. The minimum Gasteiger partial charge on any atom is -0.504 e. The predicted octanol–water partition coefficient (Wildman–Crippen LogP) is 5.48. The summed E-state index contributed by atoms with van der Waals surface area (Å²) in [6.07, 6.45) is 1.36. The number of aromatic hydroxyl groups is 1. The molecule has 0 saturated carbocycles. The third kappa shape index (κ3) is 4.42. The zero-order valence-electron chi connectivity index (χ0n) is 19.8. The van der Waals surface area contributed by atoms with Crippen LogP contribution in [-0.4, -0.2) is 34.1 Å². The Labute approximate surface area is 208 Å². The van der Waals surface area contributed by atoms with Gasteiger partial charge in [0.15, 0.2) is 17.2 Å². The lowest BCUT2D eigenvalue weighted by molar-refractivity contribution is 0.0949. The molecule has 0 radical (unpaired) electrons. The number of carbonyl (C=O) groups is 1. The summed E-state index contributed by atoms with van der Waals surface area (Å²) < 4.78 is 6.88. The van der Waals surface area contributed by atoms with E-state index in [0.717, 1.165) is 33.3 Å². The van der Waals surface area contributed by atoms with Gasteiger partial charge >= 0.3 is 0 Å². The van der Waals surface area contributed by atoms with Crippen molar-refractivity contribution < 1.29 is 14.6 Å². The summed E-state index contributed by atoms with van der Waals surface area (Å²) in [5.41, 5.74) is 6.85. The third-order valence-corrected chi connectivity index (χ3v) is 5.91. The van der Waals surface area contributed by atoms with Gasteiger partial charge in [-0.25, -0.2) is 10.1 Å². The van der Waals surface area contributed by atoms with Gasteiger partial charge in [0.2, 0.25) is 0 Å². The molecular formula is C29H24N4O3. The summed E-state index contributed by atoms with van der Waals surface area (Å²) in [5.74, 6) is -0.206. The molecule has 7 heteroatoms. The first kappa shape index (κ1) is 22.9. The summed E-state index contributed by atoms with van der Waals surface area (Å²) in [6, 6.07) is 28.9. The Bertz CT molecular complexity index is 1580. The SMILES string of the molecule is COc1cccc(/C=N\NC(=O)c2cc(-c3cccc4ccccc34)n(-c3ccc(C)cc3)n2)c1O. The molecule has 0 unspecified atom stereocenters. The van der Waals surface area contributed by atoms with Crippen LogP contribution in [0.15, 0.2) is 96.1 Å². The predicted molar refractivity (Wildman–Crippen MR) is 141 cm³/mol. The van der Waals surface area contributed by atoms with Crippen molar-refractivity contribution in [1.82, 2.24) is 15.2 Å². The second kappa shape index (κ2) is 9.76. The van der Waals surface area contributed by atoms with Crippen molar-refractivity contribution in [3.8, 4) is 28.4 Å². The molecule has 1 aromatic heterocycles. The molecular weight excluding hydrogens is 452 g/mol. The average Bonchev–Trinajstić information content (AvgIpc) is 3.35. The highest BCUT2D eigenvalue weighted by molar-refractivity contribution is 5.99. The van der Waals surface area contributed by atoms with E-state index < -0.39 is 5.91 Å². The van der Waals surface area contributed by atoms with Crippen LogP contribution in [0.2, 0.25) is 0 Å². The standard InChI is InChI=1S/C29H24N4O3/c1-19-13-15-22(16-14-19)33-26(24-11-5-8-20-7-3-4-10-23(20)24)17-25(32-33)29(35)31-30-18-21-9-6-12-27(36-2)28(21)34/h3-18,34H,1-2H3,(H,31,35)/b30-18-. The molecule has 5 aromatic rings. The normalized spacial score (nSPS) is 11.2. The van der Waals surface area contributed by atoms with Crippen LogP contribution >= 0.6 is 0 Å². The van der Waals surface area contributed by atoms with Gasteiger partial charge in [0.05, 0.1) is 24.7 Å². The van der Waals surface area contributed by atoms with Gasteiger partial charge in [0.1, 0.15) is 0 Å². The lowest BCUT2D eigenvalue weighted by Crippen LogP contribution is -2.18. The molecule has 0 spiro atoms. The second-order valence-electron chi connectivity index (χ2n) is 8.29. The van der Waals surface area contributed by atoms with Gasteiger partial charge < -0.3 is 9.84 Å². The quantitative estimate of drug-likeness (QED) is 0.251. The molecule has 5 rings (SSSR count). The highest BCUT2D eigenvalue weighted by Crippen LogP contribution is 2.31. The number of phenolic OH excluding ortho intramolecular Hbond substituents is 1. The maximum Gasteiger partial charge on any atom is 0.291 e. The minimum atomic E-state index is -0.471. The monoisotopic (exact) mass is 476 g/mol. The number of nitrogens with zero attached hydrogens (tertiary/aromatic N) is 3. The lowest BCUT2D eigenvalue weighted by Gasteiger charge is -2.10. The summed E-state index contributed by atoms with van der Waals surface area (Å²) in [6.45, 7) is 2.02. The molecule has 0 saturated heterocycles. The fraction of sp³-hybridized carbons (Fsp3) is 0.0690. The first-order chi connectivity index (χ1) is 17.5. The number of aryl methyl sites for hydroxylation is 1. The van der Waals surface area contributed by atoms with Crippen LogP contribution in [0, 0.1) is 6.92 Å². The van der Waals surface area contributed by atoms with Crippen molar-refractivity contribution in [3.63, 3.8) is 0 Å². The van der Waals surface area contributed by atoms with E-state index >= 15 is 0 Å². The number of fused-ring (bicyclic) bond motifs is 1. The summed E-state index contributed by atoms with van der Waals surface area (Å²) in [7, 11) is 1.47. The molecule has 1 amide bonds. The molecule has 0 atom stereocenters. The summed E-state index contributed by atoms with van der Waals surface area (Å²) in [4.78, 5) is 13.0. The van der Waals surface area contributed by atoms with Crippen LogP contribution in [0.1, 0.15) is 21.6 Å². The number of aromatic nitrogens is 2. The van der Waals surface area contributed by atoms with Crippen LogP contribution in [-0.2, 0) is 0 Å². The summed E-state index contributed by atoms with van der Waals surface area (Å²) in [5, 5.41) is 21.0. The molecule has 1 heterocycles. The smallest absolute Gasteiger partial charge is 0.291 e. The molecule has 0 bridgehead atoms. The van der Waals surface area contributed by atoms with Crippen molar-refractivity contribution in [3.05, 3.63) is 108 Å². The molecule has 2 N–H and O–H groups in total. The van der Waals surface area contributed by atoms with Crippen molar-refractivity contribution in [2.24, 2.45) is 5.10 Å². The second-order valence-corrected chi connectivity index (χ2v) is 8.29. The van der Waals surface area contributed by atoms with Gasteiger partial charge in [-0.2, -0.15) is 10.2 Å². The number of ether oxygens (including phenoxy) is 1. The van der Waals surface area contributed by atoms with Gasteiger partial charge in [0, 0.05) is 11.1 Å².